The largest absolute Gasteiger partial charge is 0.480 e. The molecule has 0 radical (unpaired) electrons. The number of amides is 1. The highest BCUT2D eigenvalue weighted by molar-refractivity contribution is 5.83. The summed E-state index contributed by atoms with van der Waals surface area (Å²) in [5.74, 6) is -0.537. The van der Waals surface area contributed by atoms with E-state index >= 15 is 0 Å². The molecule has 0 aliphatic carbocycles. The summed E-state index contributed by atoms with van der Waals surface area (Å²) >= 11 is 0. The molecule has 0 spiro atoms. The standard InChI is InChI=1S/C14H26N2O3/c1-9-6-7-16(11(8-9)13(18)19)10(2)12(17)15-14(3,4)5/h9-11H,6-8H2,1-5H3,(H,15,17)(H,18,19). The van der Waals surface area contributed by atoms with Crippen molar-refractivity contribution in [3.63, 3.8) is 0 Å². The van der Waals surface area contributed by atoms with E-state index in [1.54, 1.807) is 6.92 Å². The second kappa shape index (κ2) is 5.90. The van der Waals surface area contributed by atoms with Gasteiger partial charge in [0, 0.05) is 12.1 Å². The highest BCUT2D eigenvalue weighted by Crippen LogP contribution is 2.24. The quantitative estimate of drug-likeness (QED) is 0.815. The van der Waals surface area contributed by atoms with Gasteiger partial charge in [-0.05, 0) is 46.5 Å². The van der Waals surface area contributed by atoms with E-state index < -0.39 is 18.1 Å². The summed E-state index contributed by atoms with van der Waals surface area (Å²) < 4.78 is 0. The second-order valence-electron chi connectivity index (χ2n) is 6.64. The van der Waals surface area contributed by atoms with E-state index in [9.17, 15) is 14.7 Å². The third kappa shape index (κ3) is 4.49. The molecule has 2 N–H and O–H groups in total. The van der Waals surface area contributed by atoms with Crippen LogP contribution in [-0.4, -0.2) is 46.1 Å². The molecule has 0 saturated carbocycles. The van der Waals surface area contributed by atoms with Crippen molar-refractivity contribution in [2.75, 3.05) is 6.54 Å². The average molecular weight is 270 g/mol. The number of aliphatic carboxylic acids is 1. The summed E-state index contributed by atoms with van der Waals surface area (Å²) in [4.78, 5) is 25.3. The van der Waals surface area contributed by atoms with Gasteiger partial charge in [-0.3, -0.25) is 14.5 Å². The van der Waals surface area contributed by atoms with E-state index in [1.165, 1.54) is 0 Å². The fraction of sp³-hybridized carbons (Fsp3) is 0.857. The molecule has 1 saturated heterocycles. The van der Waals surface area contributed by atoms with Crippen molar-refractivity contribution in [2.24, 2.45) is 5.92 Å². The van der Waals surface area contributed by atoms with Gasteiger partial charge < -0.3 is 10.4 Å². The number of hydrogen-bond donors (Lipinski definition) is 2. The average Bonchev–Trinajstić information content (AvgIpc) is 2.25. The molecule has 5 heteroatoms. The van der Waals surface area contributed by atoms with Gasteiger partial charge in [0.1, 0.15) is 6.04 Å². The lowest BCUT2D eigenvalue weighted by Gasteiger charge is -2.39. The lowest BCUT2D eigenvalue weighted by Crippen LogP contribution is -2.57. The van der Waals surface area contributed by atoms with Crippen molar-refractivity contribution in [2.45, 2.75) is 65.1 Å². The summed E-state index contributed by atoms with van der Waals surface area (Å²) in [6, 6.07) is -0.961. The summed E-state index contributed by atoms with van der Waals surface area (Å²) in [6.45, 7) is 10.3. The number of carbonyl (C=O) groups excluding carboxylic acids is 1. The maximum absolute atomic E-state index is 12.2. The van der Waals surface area contributed by atoms with Gasteiger partial charge in [-0.15, -0.1) is 0 Å². The van der Waals surface area contributed by atoms with E-state index in [0.717, 1.165) is 6.42 Å². The number of carboxylic acid groups (broad SMARTS) is 1. The lowest BCUT2D eigenvalue weighted by molar-refractivity contribution is -0.148. The predicted molar refractivity (Wildman–Crippen MR) is 73.9 cm³/mol. The SMILES string of the molecule is CC1CCN(C(C)C(=O)NC(C)(C)C)C(C(=O)O)C1. The molecule has 1 aliphatic rings. The summed E-state index contributed by atoms with van der Waals surface area (Å²) in [7, 11) is 0. The molecule has 3 unspecified atom stereocenters. The Kier molecular flexibility index (Phi) is 4.96. The molecule has 0 aromatic heterocycles. The van der Waals surface area contributed by atoms with Gasteiger partial charge in [0.05, 0.1) is 6.04 Å². The third-order valence-corrected chi connectivity index (χ3v) is 3.57. The van der Waals surface area contributed by atoms with Crippen LogP contribution in [0.5, 0.6) is 0 Å². The van der Waals surface area contributed by atoms with Gasteiger partial charge in [0.25, 0.3) is 0 Å². The van der Waals surface area contributed by atoms with Crippen molar-refractivity contribution in [1.82, 2.24) is 10.2 Å². The van der Waals surface area contributed by atoms with Gasteiger partial charge in [-0.2, -0.15) is 0 Å². The highest BCUT2D eigenvalue weighted by Gasteiger charge is 2.37. The fourth-order valence-corrected chi connectivity index (χ4v) is 2.49. The van der Waals surface area contributed by atoms with Crippen LogP contribution in [0.2, 0.25) is 0 Å². The number of nitrogens with one attached hydrogen (secondary N) is 1. The topological polar surface area (TPSA) is 69.6 Å². The zero-order valence-electron chi connectivity index (χ0n) is 12.6. The molecule has 3 atom stereocenters. The Bertz CT molecular complexity index is 349. The molecule has 110 valence electrons. The number of likely N-dealkylation sites (tertiary alicyclic amines) is 1. The van der Waals surface area contributed by atoms with Crippen LogP contribution in [0.4, 0.5) is 0 Å². The molecule has 0 aromatic rings. The summed E-state index contributed by atoms with van der Waals surface area (Å²) in [6.07, 6.45) is 1.55. The number of piperidine rings is 1. The van der Waals surface area contributed by atoms with Crippen LogP contribution >= 0.6 is 0 Å². The van der Waals surface area contributed by atoms with Gasteiger partial charge in [0.15, 0.2) is 0 Å². The van der Waals surface area contributed by atoms with Crippen LogP contribution < -0.4 is 5.32 Å². The van der Waals surface area contributed by atoms with Crippen LogP contribution in [-0.2, 0) is 9.59 Å². The number of nitrogens with zero attached hydrogens (tertiary/aromatic N) is 1. The molecule has 1 rings (SSSR count). The van der Waals surface area contributed by atoms with E-state index in [2.05, 4.69) is 12.2 Å². The van der Waals surface area contributed by atoms with Crippen molar-refractivity contribution < 1.29 is 14.7 Å². The first-order chi connectivity index (χ1) is 8.61. The molecular formula is C14H26N2O3. The summed E-state index contributed by atoms with van der Waals surface area (Å²) in [5.41, 5.74) is -0.298. The van der Waals surface area contributed by atoms with Crippen LogP contribution in [0.25, 0.3) is 0 Å². The maximum atomic E-state index is 12.2. The second-order valence-corrected chi connectivity index (χ2v) is 6.64. The van der Waals surface area contributed by atoms with Crippen molar-refractivity contribution >= 4 is 11.9 Å². The van der Waals surface area contributed by atoms with E-state index in [-0.39, 0.29) is 11.4 Å². The lowest BCUT2D eigenvalue weighted by atomic mass is 9.91. The Hall–Kier alpha value is -1.10. The number of rotatable bonds is 3. The van der Waals surface area contributed by atoms with Gasteiger partial charge in [0.2, 0.25) is 5.91 Å². The Balaban J connectivity index is 2.76. The number of carbonyl (C=O) groups is 2. The van der Waals surface area contributed by atoms with Gasteiger partial charge in [-0.1, -0.05) is 6.92 Å². The van der Waals surface area contributed by atoms with Crippen molar-refractivity contribution in [3.05, 3.63) is 0 Å². The van der Waals surface area contributed by atoms with E-state index in [4.69, 9.17) is 0 Å². The minimum atomic E-state index is -0.832. The van der Waals surface area contributed by atoms with E-state index in [0.29, 0.717) is 18.9 Å². The first-order valence-corrected chi connectivity index (χ1v) is 6.92. The molecule has 1 amide bonds. The van der Waals surface area contributed by atoms with Crippen LogP contribution in [0.15, 0.2) is 0 Å². The minimum Gasteiger partial charge on any atom is -0.480 e. The number of hydrogen-bond acceptors (Lipinski definition) is 3. The molecule has 0 aromatic carbocycles. The molecule has 0 bridgehead atoms. The molecular weight excluding hydrogens is 244 g/mol. The summed E-state index contributed by atoms with van der Waals surface area (Å²) in [5, 5.41) is 12.2. The monoisotopic (exact) mass is 270 g/mol. The Morgan fingerprint density at radius 2 is 1.95 bits per heavy atom. The van der Waals surface area contributed by atoms with Crippen molar-refractivity contribution in [1.29, 1.82) is 0 Å². The molecule has 1 heterocycles. The smallest absolute Gasteiger partial charge is 0.320 e. The van der Waals surface area contributed by atoms with Gasteiger partial charge in [-0.25, -0.2) is 0 Å². The van der Waals surface area contributed by atoms with Crippen LogP contribution in [0.3, 0.4) is 0 Å². The first-order valence-electron chi connectivity index (χ1n) is 6.92. The Labute approximate surface area is 115 Å². The molecule has 1 fully saturated rings. The Morgan fingerprint density at radius 3 is 2.42 bits per heavy atom. The van der Waals surface area contributed by atoms with Crippen molar-refractivity contribution in [3.8, 4) is 0 Å². The minimum absolute atomic E-state index is 0.103. The van der Waals surface area contributed by atoms with Crippen LogP contribution in [0.1, 0.15) is 47.5 Å². The molecule has 5 nitrogen and oxygen atoms in total. The highest BCUT2D eigenvalue weighted by atomic mass is 16.4. The molecule has 19 heavy (non-hydrogen) atoms. The van der Waals surface area contributed by atoms with Crippen LogP contribution in [0, 0.1) is 5.92 Å². The predicted octanol–water partition coefficient (Wildman–Crippen LogP) is 1.47. The zero-order valence-corrected chi connectivity index (χ0v) is 12.6. The first kappa shape index (κ1) is 16.0. The van der Waals surface area contributed by atoms with Gasteiger partial charge >= 0.3 is 5.97 Å². The Morgan fingerprint density at radius 1 is 1.37 bits per heavy atom. The van der Waals surface area contributed by atoms with E-state index in [1.807, 2.05) is 25.7 Å². The normalized spacial score (nSPS) is 26.8. The molecule has 1 aliphatic heterocycles. The third-order valence-electron chi connectivity index (χ3n) is 3.57. The zero-order chi connectivity index (χ0) is 14.8. The fourth-order valence-electron chi connectivity index (χ4n) is 2.49. The number of carboxylic acids is 1. The maximum Gasteiger partial charge on any atom is 0.320 e.